The number of benzene rings is 1. The third-order valence-corrected chi connectivity index (χ3v) is 3.77. The summed E-state index contributed by atoms with van der Waals surface area (Å²) in [5.41, 5.74) is 1.70. The summed E-state index contributed by atoms with van der Waals surface area (Å²) >= 11 is 5.86. The predicted octanol–water partition coefficient (Wildman–Crippen LogP) is 3.98. The van der Waals surface area contributed by atoms with E-state index in [9.17, 15) is 4.39 Å². The van der Waals surface area contributed by atoms with E-state index in [4.69, 9.17) is 11.6 Å². The number of rotatable bonds is 7. The lowest BCUT2D eigenvalue weighted by Crippen LogP contribution is -2.24. The molecule has 0 aliphatic heterocycles. The van der Waals surface area contributed by atoms with Crippen LogP contribution in [0.5, 0.6) is 0 Å². The second-order valence-corrected chi connectivity index (χ2v) is 5.46. The summed E-state index contributed by atoms with van der Waals surface area (Å²) in [4.78, 5) is 0. The summed E-state index contributed by atoms with van der Waals surface area (Å²) in [7, 11) is 0. The molecule has 0 spiro atoms. The monoisotopic (exact) mass is 309 g/mol. The first-order chi connectivity index (χ1) is 10.2. The smallest absolute Gasteiger partial charge is 0.145 e. The van der Waals surface area contributed by atoms with Gasteiger partial charge >= 0.3 is 0 Å². The minimum absolute atomic E-state index is 0.0400. The molecular weight excluding hydrogens is 289 g/mol. The number of hydrogen-bond acceptors (Lipinski definition) is 2. The van der Waals surface area contributed by atoms with Crippen LogP contribution in [0.2, 0.25) is 5.02 Å². The summed E-state index contributed by atoms with van der Waals surface area (Å²) < 4.78 is 16.0. The molecule has 0 bridgehead atoms. The van der Waals surface area contributed by atoms with Gasteiger partial charge in [0.05, 0.1) is 11.2 Å². The number of hydrogen-bond donors (Lipinski definition) is 1. The number of halogens is 2. The van der Waals surface area contributed by atoms with Crippen LogP contribution in [0.25, 0.3) is 0 Å². The van der Waals surface area contributed by atoms with Crippen molar-refractivity contribution in [3.05, 3.63) is 52.6 Å². The zero-order chi connectivity index (χ0) is 15.2. The minimum atomic E-state index is -0.328. The molecular formula is C16H21ClFN3. The van der Waals surface area contributed by atoms with Gasteiger partial charge in [0.25, 0.3) is 0 Å². The molecule has 0 amide bonds. The molecule has 0 saturated carbocycles. The fourth-order valence-electron chi connectivity index (χ4n) is 2.28. The Morgan fingerprint density at radius 2 is 2.19 bits per heavy atom. The van der Waals surface area contributed by atoms with Crippen molar-refractivity contribution in [1.82, 2.24) is 15.1 Å². The molecule has 1 unspecified atom stereocenters. The molecule has 2 rings (SSSR count). The van der Waals surface area contributed by atoms with E-state index >= 15 is 0 Å². The van der Waals surface area contributed by atoms with Crippen molar-refractivity contribution in [2.45, 2.75) is 39.3 Å². The quantitative estimate of drug-likeness (QED) is 0.838. The number of nitrogens with zero attached hydrogens (tertiary/aromatic N) is 2. The van der Waals surface area contributed by atoms with E-state index in [1.54, 1.807) is 18.2 Å². The van der Waals surface area contributed by atoms with Gasteiger partial charge in [-0.3, -0.25) is 4.68 Å². The summed E-state index contributed by atoms with van der Waals surface area (Å²) in [6.45, 7) is 5.86. The van der Waals surface area contributed by atoms with Crippen LogP contribution in [-0.4, -0.2) is 16.3 Å². The highest BCUT2D eigenvalue weighted by molar-refractivity contribution is 6.30. The van der Waals surface area contributed by atoms with Crippen molar-refractivity contribution in [1.29, 1.82) is 0 Å². The van der Waals surface area contributed by atoms with E-state index in [0.29, 0.717) is 12.0 Å². The number of nitrogens with one attached hydrogen (secondary N) is 1. The van der Waals surface area contributed by atoms with E-state index in [1.165, 1.54) is 0 Å². The van der Waals surface area contributed by atoms with Gasteiger partial charge in [0.15, 0.2) is 0 Å². The van der Waals surface area contributed by atoms with Crippen LogP contribution in [0.4, 0.5) is 4.39 Å². The maximum absolute atomic E-state index is 14.1. The molecule has 0 aliphatic carbocycles. The van der Waals surface area contributed by atoms with Crippen LogP contribution in [0, 0.1) is 5.82 Å². The molecule has 0 radical (unpaired) electrons. The van der Waals surface area contributed by atoms with Gasteiger partial charge in [0.2, 0.25) is 0 Å². The highest BCUT2D eigenvalue weighted by Crippen LogP contribution is 2.24. The van der Waals surface area contributed by atoms with Crippen LogP contribution in [0.15, 0.2) is 30.6 Å². The van der Waals surface area contributed by atoms with Crippen LogP contribution >= 0.6 is 11.6 Å². The lowest BCUT2D eigenvalue weighted by Gasteiger charge is -2.18. The molecule has 1 heterocycles. The Morgan fingerprint density at radius 3 is 2.86 bits per heavy atom. The van der Waals surface area contributed by atoms with Crippen molar-refractivity contribution in [2.24, 2.45) is 0 Å². The van der Waals surface area contributed by atoms with Crippen molar-refractivity contribution >= 4 is 11.6 Å². The molecule has 1 aromatic carbocycles. The topological polar surface area (TPSA) is 29.9 Å². The Kier molecular flexibility index (Phi) is 5.76. The van der Waals surface area contributed by atoms with Gasteiger partial charge in [-0.05, 0) is 37.9 Å². The van der Waals surface area contributed by atoms with Crippen molar-refractivity contribution < 1.29 is 4.39 Å². The Balaban J connectivity index is 2.21. The average molecular weight is 310 g/mol. The average Bonchev–Trinajstić information content (AvgIpc) is 2.96. The van der Waals surface area contributed by atoms with Gasteiger partial charge < -0.3 is 5.32 Å². The Morgan fingerprint density at radius 1 is 1.38 bits per heavy atom. The third-order valence-electron chi connectivity index (χ3n) is 3.48. The van der Waals surface area contributed by atoms with E-state index in [0.717, 1.165) is 25.1 Å². The normalized spacial score (nSPS) is 12.6. The first-order valence-electron chi connectivity index (χ1n) is 7.34. The summed E-state index contributed by atoms with van der Waals surface area (Å²) in [5, 5.41) is 7.93. The van der Waals surface area contributed by atoms with E-state index < -0.39 is 0 Å². The minimum Gasteiger partial charge on any atom is -0.310 e. The van der Waals surface area contributed by atoms with Gasteiger partial charge in [-0.1, -0.05) is 30.7 Å². The summed E-state index contributed by atoms with van der Waals surface area (Å²) in [5.74, 6) is -0.328. The van der Waals surface area contributed by atoms with Gasteiger partial charge in [-0.15, -0.1) is 0 Å². The van der Waals surface area contributed by atoms with Crippen LogP contribution in [0.1, 0.15) is 37.4 Å². The largest absolute Gasteiger partial charge is 0.310 e. The predicted molar refractivity (Wildman–Crippen MR) is 84.0 cm³/mol. The number of aromatic nitrogens is 2. The van der Waals surface area contributed by atoms with Crippen molar-refractivity contribution in [3.8, 4) is 0 Å². The Bertz CT molecular complexity index is 583. The lowest BCUT2D eigenvalue weighted by atomic mass is 10.0. The maximum Gasteiger partial charge on any atom is 0.145 e. The van der Waals surface area contributed by atoms with Crippen LogP contribution in [0.3, 0.4) is 0 Å². The first kappa shape index (κ1) is 16.0. The first-order valence-corrected chi connectivity index (χ1v) is 7.72. The highest BCUT2D eigenvalue weighted by atomic mass is 35.5. The maximum atomic E-state index is 14.1. The molecule has 0 fully saturated rings. The third kappa shape index (κ3) is 4.05. The molecule has 114 valence electrons. The lowest BCUT2D eigenvalue weighted by molar-refractivity contribution is 0.512. The standard InChI is InChI=1S/C16H21ClFN3/c1-3-8-19-15(13-10-20-21(4-2)11-13)9-12-6-5-7-14(17)16(12)18/h5-7,10-11,15,19H,3-4,8-9H2,1-2H3. The molecule has 0 saturated heterocycles. The van der Waals surface area contributed by atoms with Crippen molar-refractivity contribution in [2.75, 3.05) is 6.54 Å². The zero-order valence-electron chi connectivity index (χ0n) is 12.4. The van der Waals surface area contributed by atoms with Crippen LogP contribution in [-0.2, 0) is 13.0 Å². The molecule has 21 heavy (non-hydrogen) atoms. The second kappa shape index (κ2) is 7.57. The Hall–Kier alpha value is -1.39. The molecule has 3 nitrogen and oxygen atoms in total. The van der Waals surface area contributed by atoms with Gasteiger partial charge in [-0.25, -0.2) is 4.39 Å². The van der Waals surface area contributed by atoms with Crippen molar-refractivity contribution in [3.63, 3.8) is 0 Å². The van der Waals surface area contributed by atoms with Gasteiger partial charge in [-0.2, -0.15) is 5.10 Å². The van der Waals surface area contributed by atoms with E-state index in [1.807, 2.05) is 24.0 Å². The molecule has 1 aromatic heterocycles. The second-order valence-electron chi connectivity index (χ2n) is 5.05. The summed E-state index contributed by atoms with van der Waals surface area (Å²) in [6, 6.07) is 5.18. The highest BCUT2D eigenvalue weighted by Gasteiger charge is 2.16. The molecule has 1 N–H and O–H groups in total. The molecule has 5 heteroatoms. The number of aryl methyl sites for hydroxylation is 1. The van der Waals surface area contributed by atoms with E-state index in [2.05, 4.69) is 17.3 Å². The molecule has 0 aliphatic rings. The fraction of sp³-hybridized carbons (Fsp3) is 0.438. The zero-order valence-corrected chi connectivity index (χ0v) is 13.2. The van der Waals surface area contributed by atoms with Gasteiger partial charge in [0.1, 0.15) is 5.82 Å². The summed E-state index contributed by atoms with van der Waals surface area (Å²) in [6.07, 6.45) is 5.44. The molecule has 1 atom stereocenters. The fourth-order valence-corrected chi connectivity index (χ4v) is 2.48. The SMILES string of the molecule is CCCNC(Cc1cccc(Cl)c1F)c1cnn(CC)c1. The molecule has 2 aromatic rings. The van der Waals surface area contributed by atoms with E-state index in [-0.39, 0.29) is 16.9 Å². The van der Waals surface area contributed by atoms with Crippen LogP contribution < -0.4 is 5.32 Å². The Labute approximate surface area is 130 Å². The van der Waals surface area contributed by atoms with Gasteiger partial charge in [0, 0.05) is 24.3 Å².